The van der Waals surface area contributed by atoms with Crippen LogP contribution < -0.4 is 15.5 Å². The van der Waals surface area contributed by atoms with Gasteiger partial charge in [0.2, 0.25) is 0 Å². The second-order valence-electron chi connectivity index (χ2n) is 7.23. The highest BCUT2D eigenvalue weighted by Crippen LogP contribution is 2.24. The second kappa shape index (κ2) is 10.0. The summed E-state index contributed by atoms with van der Waals surface area (Å²) in [5.41, 5.74) is 2.29. The highest BCUT2D eigenvalue weighted by molar-refractivity contribution is 6.03. The van der Waals surface area contributed by atoms with Gasteiger partial charge in [0, 0.05) is 50.8 Å². The molecule has 7 heteroatoms. The monoisotopic (exact) mass is 383 g/mol. The summed E-state index contributed by atoms with van der Waals surface area (Å²) in [5.74, 6) is 1.19. The Labute approximate surface area is 166 Å². The standard InChI is InChI=1S/C21H29N5O2/c1-16-8-11-26(12-9-16)18-6-4-17(5-7-18)25-21(27)19-14-20(24-15-23-19)22-10-3-13-28-2/h4-7,14-16H,3,8-13H2,1-2H3,(H,25,27)(H,22,23,24). The van der Waals surface area contributed by atoms with Crippen LogP contribution in [0, 0.1) is 5.92 Å². The molecule has 0 unspecified atom stereocenters. The molecule has 2 aromatic rings. The molecule has 2 heterocycles. The van der Waals surface area contributed by atoms with E-state index in [0.29, 0.717) is 18.1 Å². The van der Waals surface area contributed by atoms with E-state index in [1.54, 1.807) is 13.2 Å². The van der Waals surface area contributed by atoms with E-state index in [9.17, 15) is 4.79 Å². The molecule has 0 atom stereocenters. The van der Waals surface area contributed by atoms with Gasteiger partial charge in [-0.2, -0.15) is 0 Å². The Kier molecular flexibility index (Phi) is 7.19. The summed E-state index contributed by atoms with van der Waals surface area (Å²) >= 11 is 0. The third-order valence-electron chi connectivity index (χ3n) is 5.01. The molecule has 1 amide bonds. The first-order valence-electron chi connectivity index (χ1n) is 9.87. The van der Waals surface area contributed by atoms with Crippen LogP contribution in [0.15, 0.2) is 36.7 Å². The molecular weight excluding hydrogens is 354 g/mol. The van der Waals surface area contributed by atoms with E-state index in [4.69, 9.17) is 4.74 Å². The van der Waals surface area contributed by atoms with Crippen molar-refractivity contribution in [2.24, 2.45) is 5.92 Å². The van der Waals surface area contributed by atoms with Crippen LogP contribution in [0.4, 0.5) is 17.2 Å². The maximum absolute atomic E-state index is 12.5. The van der Waals surface area contributed by atoms with Crippen molar-refractivity contribution in [3.8, 4) is 0 Å². The van der Waals surface area contributed by atoms with Gasteiger partial charge in [0.1, 0.15) is 17.8 Å². The molecule has 0 saturated carbocycles. The normalized spacial score (nSPS) is 14.7. The Hall–Kier alpha value is -2.67. The molecule has 1 aliphatic rings. The minimum atomic E-state index is -0.248. The number of ether oxygens (including phenoxy) is 1. The summed E-state index contributed by atoms with van der Waals surface area (Å²) in [5, 5.41) is 6.07. The zero-order chi connectivity index (χ0) is 19.8. The smallest absolute Gasteiger partial charge is 0.274 e. The molecule has 0 spiro atoms. The molecule has 2 N–H and O–H groups in total. The largest absolute Gasteiger partial charge is 0.385 e. The van der Waals surface area contributed by atoms with Gasteiger partial charge in [0.25, 0.3) is 5.91 Å². The van der Waals surface area contributed by atoms with Crippen LogP contribution in [0.25, 0.3) is 0 Å². The number of rotatable bonds is 8. The number of nitrogens with zero attached hydrogens (tertiary/aromatic N) is 3. The van der Waals surface area contributed by atoms with Gasteiger partial charge in [-0.05, 0) is 49.4 Å². The van der Waals surface area contributed by atoms with Crippen LogP contribution in [0.1, 0.15) is 36.7 Å². The first-order valence-corrected chi connectivity index (χ1v) is 9.87. The Morgan fingerprint density at radius 3 is 2.68 bits per heavy atom. The summed E-state index contributed by atoms with van der Waals surface area (Å²) in [6.45, 7) is 5.89. The van der Waals surface area contributed by atoms with E-state index >= 15 is 0 Å². The zero-order valence-electron chi connectivity index (χ0n) is 16.6. The third kappa shape index (κ3) is 5.66. The fourth-order valence-corrected chi connectivity index (χ4v) is 3.23. The highest BCUT2D eigenvalue weighted by atomic mass is 16.5. The van der Waals surface area contributed by atoms with Gasteiger partial charge < -0.3 is 20.3 Å². The molecule has 1 aromatic carbocycles. The van der Waals surface area contributed by atoms with Crippen LogP contribution in [0.3, 0.4) is 0 Å². The summed E-state index contributed by atoms with van der Waals surface area (Å²) < 4.78 is 5.02. The van der Waals surface area contributed by atoms with Crippen LogP contribution >= 0.6 is 0 Å². The lowest BCUT2D eigenvalue weighted by Crippen LogP contribution is -2.32. The fourth-order valence-electron chi connectivity index (χ4n) is 3.23. The number of methoxy groups -OCH3 is 1. The lowest BCUT2D eigenvalue weighted by atomic mass is 9.99. The third-order valence-corrected chi connectivity index (χ3v) is 5.01. The summed E-state index contributed by atoms with van der Waals surface area (Å²) in [6.07, 6.45) is 4.72. The van der Waals surface area contributed by atoms with Crippen molar-refractivity contribution in [3.63, 3.8) is 0 Å². The van der Waals surface area contributed by atoms with Gasteiger partial charge in [-0.15, -0.1) is 0 Å². The number of carbonyl (C=O) groups is 1. The molecule has 0 aliphatic carbocycles. The Morgan fingerprint density at radius 1 is 1.21 bits per heavy atom. The minimum absolute atomic E-state index is 0.248. The van der Waals surface area contributed by atoms with E-state index in [1.165, 1.54) is 24.9 Å². The molecule has 28 heavy (non-hydrogen) atoms. The minimum Gasteiger partial charge on any atom is -0.385 e. The number of anilines is 3. The van der Waals surface area contributed by atoms with Gasteiger partial charge in [-0.1, -0.05) is 6.92 Å². The van der Waals surface area contributed by atoms with Crippen LogP contribution in [-0.2, 0) is 4.74 Å². The maximum Gasteiger partial charge on any atom is 0.274 e. The highest BCUT2D eigenvalue weighted by Gasteiger charge is 2.16. The lowest BCUT2D eigenvalue weighted by molar-refractivity contribution is 0.102. The van der Waals surface area contributed by atoms with Crippen molar-refractivity contribution >= 4 is 23.1 Å². The van der Waals surface area contributed by atoms with Crippen molar-refractivity contribution in [2.75, 3.05) is 48.9 Å². The van der Waals surface area contributed by atoms with E-state index in [1.807, 2.05) is 12.1 Å². The fraction of sp³-hybridized carbons (Fsp3) is 0.476. The second-order valence-corrected chi connectivity index (χ2v) is 7.23. The van der Waals surface area contributed by atoms with Crippen molar-refractivity contribution in [1.29, 1.82) is 0 Å². The number of nitrogens with one attached hydrogen (secondary N) is 2. The Morgan fingerprint density at radius 2 is 1.96 bits per heavy atom. The summed E-state index contributed by atoms with van der Waals surface area (Å²) in [7, 11) is 1.67. The molecule has 3 rings (SSSR count). The molecule has 1 saturated heterocycles. The molecule has 1 fully saturated rings. The summed E-state index contributed by atoms with van der Waals surface area (Å²) in [4.78, 5) is 23.1. The van der Waals surface area contributed by atoms with E-state index < -0.39 is 0 Å². The van der Waals surface area contributed by atoms with Gasteiger partial charge in [-0.3, -0.25) is 4.79 Å². The molecule has 7 nitrogen and oxygen atoms in total. The molecule has 1 aliphatic heterocycles. The molecular formula is C21H29N5O2. The molecule has 1 aromatic heterocycles. The topological polar surface area (TPSA) is 79.4 Å². The van der Waals surface area contributed by atoms with Crippen LogP contribution in [0.2, 0.25) is 0 Å². The van der Waals surface area contributed by atoms with Crippen molar-refractivity contribution < 1.29 is 9.53 Å². The van der Waals surface area contributed by atoms with Crippen LogP contribution in [-0.4, -0.2) is 49.2 Å². The first-order chi connectivity index (χ1) is 13.7. The predicted molar refractivity (Wildman–Crippen MR) is 112 cm³/mol. The van der Waals surface area contributed by atoms with Gasteiger partial charge in [-0.25, -0.2) is 9.97 Å². The number of hydrogen-bond donors (Lipinski definition) is 2. The molecule has 150 valence electrons. The van der Waals surface area contributed by atoms with E-state index in [0.717, 1.165) is 37.7 Å². The number of carbonyl (C=O) groups excluding carboxylic acids is 1. The van der Waals surface area contributed by atoms with Crippen molar-refractivity contribution in [2.45, 2.75) is 26.2 Å². The average molecular weight is 383 g/mol. The number of aromatic nitrogens is 2. The van der Waals surface area contributed by atoms with E-state index in [-0.39, 0.29) is 5.91 Å². The van der Waals surface area contributed by atoms with Crippen LogP contribution in [0.5, 0.6) is 0 Å². The van der Waals surface area contributed by atoms with Crippen molar-refractivity contribution in [1.82, 2.24) is 9.97 Å². The predicted octanol–water partition coefficient (Wildman–Crippen LogP) is 3.41. The lowest BCUT2D eigenvalue weighted by Gasteiger charge is -2.32. The number of piperidine rings is 1. The Balaban J connectivity index is 1.55. The number of benzene rings is 1. The quantitative estimate of drug-likeness (QED) is 0.680. The zero-order valence-corrected chi connectivity index (χ0v) is 16.6. The van der Waals surface area contributed by atoms with Gasteiger partial charge in [0.05, 0.1) is 0 Å². The van der Waals surface area contributed by atoms with Gasteiger partial charge >= 0.3 is 0 Å². The number of amides is 1. The summed E-state index contributed by atoms with van der Waals surface area (Å²) in [6, 6.07) is 9.67. The number of hydrogen-bond acceptors (Lipinski definition) is 6. The first kappa shape index (κ1) is 20.1. The average Bonchev–Trinajstić information content (AvgIpc) is 2.73. The van der Waals surface area contributed by atoms with E-state index in [2.05, 4.69) is 44.6 Å². The Bertz CT molecular complexity index is 758. The van der Waals surface area contributed by atoms with Crippen molar-refractivity contribution in [3.05, 3.63) is 42.4 Å². The van der Waals surface area contributed by atoms with Gasteiger partial charge in [0.15, 0.2) is 0 Å². The maximum atomic E-state index is 12.5. The molecule has 0 radical (unpaired) electrons. The molecule has 0 bridgehead atoms. The SMILES string of the molecule is COCCCNc1cc(C(=O)Nc2ccc(N3CCC(C)CC3)cc2)ncn1.